The maximum atomic E-state index is 11.0. The lowest BCUT2D eigenvalue weighted by molar-refractivity contribution is 0.210. The topological polar surface area (TPSA) is 70.9 Å². The van der Waals surface area contributed by atoms with E-state index in [4.69, 9.17) is 5.11 Å². The van der Waals surface area contributed by atoms with E-state index in [9.17, 15) is 4.79 Å². The second-order valence-corrected chi connectivity index (χ2v) is 2.91. The highest BCUT2D eigenvalue weighted by Crippen LogP contribution is 2.41. The molecule has 5 nitrogen and oxygen atoms in total. The normalized spacial score (nSPS) is 20.1. The summed E-state index contributed by atoms with van der Waals surface area (Å²) in [5.41, 5.74) is -0.569. The van der Waals surface area contributed by atoms with Crippen LogP contribution in [0.3, 0.4) is 0 Å². The minimum absolute atomic E-state index is 0.0203. The van der Waals surface area contributed by atoms with E-state index < -0.39 is 0 Å². The highest BCUT2D eigenvalue weighted by atomic mass is 16.3. The quantitative estimate of drug-likeness (QED) is 0.578. The molecular weight excluding hydrogens is 146 g/mol. The largest absolute Gasteiger partial charge is 0.394 e. The smallest absolute Gasteiger partial charge is 0.343 e. The van der Waals surface area contributed by atoms with Crippen molar-refractivity contribution in [2.45, 2.75) is 18.4 Å². The lowest BCUT2D eigenvalue weighted by Gasteiger charge is -2.09. The van der Waals surface area contributed by atoms with Gasteiger partial charge in [0.1, 0.15) is 6.33 Å². The zero-order valence-electron chi connectivity index (χ0n) is 5.95. The maximum absolute atomic E-state index is 11.0. The Balaban J connectivity index is 2.43. The van der Waals surface area contributed by atoms with E-state index in [1.165, 1.54) is 10.9 Å². The van der Waals surface area contributed by atoms with Crippen LogP contribution in [0.4, 0.5) is 0 Å². The third kappa shape index (κ3) is 0.808. The zero-order chi connectivity index (χ0) is 7.90. The molecule has 1 aromatic heterocycles. The molecule has 0 atom stereocenters. The minimum atomic E-state index is -0.329. The summed E-state index contributed by atoms with van der Waals surface area (Å²) in [6.07, 6.45) is 3.16. The van der Waals surface area contributed by atoms with E-state index in [-0.39, 0.29) is 17.8 Å². The van der Waals surface area contributed by atoms with Crippen LogP contribution >= 0.6 is 0 Å². The van der Waals surface area contributed by atoms with Crippen LogP contribution in [0.15, 0.2) is 11.1 Å². The molecule has 5 heteroatoms. The van der Waals surface area contributed by atoms with Gasteiger partial charge in [-0.2, -0.15) is 5.10 Å². The lowest BCUT2D eigenvalue weighted by atomic mass is 10.3. The molecule has 0 radical (unpaired) electrons. The van der Waals surface area contributed by atoms with Gasteiger partial charge < -0.3 is 5.11 Å². The van der Waals surface area contributed by atoms with Gasteiger partial charge in [0, 0.05) is 0 Å². The third-order valence-electron chi connectivity index (χ3n) is 2.18. The average molecular weight is 155 g/mol. The first kappa shape index (κ1) is 6.60. The van der Waals surface area contributed by atoms with Crippen LogP contribution in [-0.4, -0.2) is 26.5 Å². The van der Waals surface area contributed by atoms with Crippen LogP contribution in [0.2, 0.25) is 0 Å². The van der Waals surface area contributed by atoms with Crippen molar-refractivity contribution in [1.29, 1.82) is 0 Å². The lowest BCUT2D eigenvalue weighted by Crippen LogP contribution is -2.30. The van der Waals surface area contributed by atoms with Crippen molar-refractivity contribution in [2.75, 3.05) is 6.61 Å². The van der Waals surface area contributed by atoms with Crippen LogP contribution in [0, 0.1) is 0 Å². The van der Waals surface area contributed by atoms with E-state index >= 15 is 0 Å². The van der Waals surface area contributed by atoms with Crippen molar-refractivity contribution in [3.05, 3.63) is 16.8 Å². The number of aromatic amines is 1. The van der Waals surface area contributed by atoms with E-state index in [0.717, 1.165) is 12.8 Å². The van der Waals surface area contributed by atoms with Gasteiger partial charge in [-0.05, 0) is 12.8 Å². The van der Waals surface area contributed by atoms with Gasteiger partial charge >= 0.3 is 5.69 Å². The van der Waals surface area contributed by atoms with Crippen molar-refractivity contribution >= 4 is 0 Å². The number of aliphatic hydroxyl groups is 1. The Kier molecular flexibility index (Phi) is 1.17. The Bertz CT molecular complexity index is 310. The third-order valence-corrected chi connectivity index (χ3v) is 2.18. The van der Waals surface area contributed by atoms with Crippen LogP contribution in [0.1, 0.15) is 12.8 Å². The van der Waals surface area contributed by atoms with E-state index in [1.807, 2.05) is 0 Å². The van der Waals surface area contributed by atoms with Gasteiger partial charge in [0.25, 0.3) is 0 Å². The second kappa shape index (κ2) is 1.94. The molecule has 1 heterocycles. The predicted molar refractivity (Wildman–Crippen MR) is 37.1 cm³/mol. The molecule has 0 amide bonds. The molecule has 2 rings (SSSR count). The molecule has 0 saturated heterocycles. The van der Waals surface area contributed by atoms with Crippen LogP contribution < -0.4 is 5.69 Å². The van der Waals surface area contributed by atoms with Crippen LogP contribution in [0.25, 0.3) is 0 Å². The summed E-state index contributed by atoms with van der Waals surface area (Å²) in [4.78, 5) is 11.0. The molecule has 60 valence electrons. The molecule has 1 fully saturated rings. The summed E-state index contributed by atoms with van der Waals surface area (Å²) >= 11 is 0. The fraction of sp³-hybridized carbons (Fsp3) is 0.667. The number of H-pyrrole nitrogens is 1. The van der Waals surface area contributed by atoms with Crippen molar-refractivity contribution in [3.8, 4) is 0 Å². The van der Waals surface area contributed by atoms with Crippen molar-refractivity contribution in [2.24, 2.45) is 0 Å². The molecule has 11 heavy (non-hydrogen) atoms. The first-order valence-electron chi connectivity index (χ1n) is 3.52. The Morgan fingerprint density at radius 3 is 2.91 bits per heavy atom. The molecule has 1 saturated carbocycles. The molecule has 0 spiro atoms. The van der Waals surface area contributed by atoms with Crippen molar-refractivity contribution in [3.63, 3.8) is 0 Å². The molecule has 1 aliphatic rings. The van der Waals surface area contributed by atoms with E-state index in [2.05, 4.69) is 10.2 Å². The van der Waals surface area contributed by atoms with E-state index in [0.29, 0.717) is 0 Å². The Hall–Kier alpha value is -1.10. The highest BCUT2D eigenvalue weighted by Gasteiger charge is 2.45. The second-order valence-electron chi connectivity index (χ2n) is 2.91. The maximum Gasteiger partial charge on any atom is 0.343 e. The predicted octanol–water partition coefficient (Wildman–Crippen LogP) is -0.947. The Morgan fingerprint density at radius 1 is 1.82 bits per heavy atom. The number of rotatable bonds is 2. The molecule has 0 aromatic carbocycles. The molecule has 2 N–H and O–H groups in total. The summed E-state index contributed by atoms with van der Waals surface area (Å²) in [7, 11) is 0. The summed E-state index contributed by atoms with van der Waals surface area (Å²) in [5, 5.41) is 14.8. The zero-order valence-corrected chi connectivity index (χ0v) is 5.95. The van der Waals surface area contributed by atoms with E-state index in [1.54, 1.807) is 0 Å². The van der Waals surface area contributed by atoms with Crippen LogP contribution in [-0.2, 0) is 5.54 Å². The van der Waals surface area contributed by atoms with Gasteiger partial charge in [-0.25, -0.2) is 9.89 Å². The van der Waals surface area contributed by atoms with Crippen molar-refractivity contribution < 1.29 is 5.11 Å². The molecule has 0 bridgehead atoms. The Morgan fingerprint density at radius 2 is 2.55 bits per heavy atom. The standard InChI is InChI=1S/C6H9N3O2/c10-3-6(1-2-6)9-4-7-8-5(9)11/h4,10H,1-3H2,(H,8,11). The first-order valence-corrected chi connectivity index (χ1v) is 3.52. The summed E-state index contributed by atoms with van der Waals surface area (Å²) < 4.78 is 1.47. The highest BCUT2D eigenvalue weighted by molar-refractivity contribution is 5.00. The monoisotopic (exact) mass is 155 g/mol. The van der Waals surface area contributed by atoms with Gasteiger partial charge in [-0.15, -0.1) is 0 Å². The molecule has 0 unspecified atom stereocenters. The number of hydrogen-bond acceptors (Lipinski definition) is 3. The van der Waals surface area contributed by atoms with Crippen LogP contribution in [0.5, 0.6) is 0 Å². The number of nitrogens with one attached hydrogen (secondary N) is 1. The van der Waals surface area contributed by atoms with Crippen molar-refractivity contribution in [1.82, 2.24) is 14.8 Å². The molecular formula is C6H9N3O2. The first-order chi connectivity index (χ1) is 5.28. The summed E-state index contributed by atoms with van der Waals surface area (Å²) in [5.74, 6) is 0. The van der Waals surface area contributed by atoms with Gasteiger partial charge in [0.2, 0.25) is 0 Å². The number of nitrogens with zero attached hydrogens (tertiary/aromatic N) is 2. The molecule has 1 aliphatic carbocycles. The molecule has 1 aromatic rings. The number of hydrogen-bond donors (Lipinski definition) is 2. The SMILES string of the molecule is O=c1[nH]ncn1C1(CO)CC1. The average Bonchev–Trinajstić information content (AvgIpc) is 2.70. The fourth-order valence-electron chi connectivity index (χ4n) is 1.21. The number of aromatic nitrogens is 3. The number of aliphatic hydroxyl groups excluding tert-OH is 1. The summed E-state index contributed by atoms with van der Waals surface area (Å²) in [6.45, 7) is 0.0203. The minimum Gasteiger partial charge on any atom is -0.394 e. The van der Waals surface area contributed by atoms with Gasteiger partial charge in [-0.3, -0.25) is 4.57 Å². The Labute approximate surface area is 62.7 Å². The molecule has 0 aliphatic heterocycles. The van der Waals surface area contributed by atoms with Gasteiger partial charge in [-0.1, -0.05) is 0 Å². The fourth-order valence-corrected chi connectivity index (χ4v) is 1.21. The van der Waals surface area contributed by atoms with Gasteiger partial charge in [0.05, 0.1) is 12.1 Å². The summed E-state index contributed by atoms with van der Waals surface area (Å²) in [6, 6.07) is 0. The van der Waals surface area contributed by atoms with Gasteiger partial charge in [0.15, 0.2) is 0 Å².